The van der Waals surface area contributed by atoms with Crippen molar-refractivity contribution in [2.24, 2.45) is 0 Å². The lowest BCUT2D eigenvalue weighted by Gasteiger charge is -2.24. The van der Waals surface area contributed by atoms with E-state index in [-0.39, 0.29) is 0 Å². The minimum absolute atomic E-state index is 0.631. The first kappa shape index (κ1) is 12.6. The zero-order valence-electron chi connectivity index (χ0n) is 10.4. The topological polar surface area (TPSA) is 47.0 Å². The summed E-state index contributed by atoms with van der Waals surface area (Å²) >= 11 is 1.88. The van der Waals surface area contributed by atoms with Crippen LogP contribution in [0.2, 0.25) is 0 Å². The Morgan fingerprint density at radius 1 is 1.47 bits per heavy atom. The predicted molar refractivity (Wildman–Crippen MR) is 71.5 cm³/mol. The molecule has 1 aromatic rings. The van der Waals surface area contributed by atoms with E-state index >= 15 is 0 Å². The Labute approximate surface area is 107 Å². The molecule has 0 bridgehead atoms. The normalized spacial score (nSPS) is 15.6. The van der Waals surface area contributed by atoms with Crippen LogP contribution in [0.1, 0.15) is 24.9 Å². The van der Waals surface area contributed by atoms with Crippen molar-refractivity contribution in [2.75, 3.05) is 25.1 Å². The number of aromatic nitrogens is 2. The average molecular weight is 253 g/mol. The summed E-state index contributed by atoms with van der Waals surface area (Å²) in [5, 5.41) is 3.94. The molecular weight excluding hydrogens is 234 g/mol. The number of thioether (sulfide) groups is 1. The number of nitrogens with zero attached hydrogens (tertiary/aromatic N) is 2. The molecule has 4 nitrogen and oxygen atoms in total. The van der Waals surface area contributed by atoms with Gasteiger partial charge in [-0.05, 0) is 13.3 Å². The van der Waals surface area contributed by atoms with Gasteiger partial charge < -0.3 is 10.1 Å². The summed E-state index contributed by atoms with van der Waals surface area (Å²) in [7, 11) is 0. The molecule has 0 amide bonds. The zero-order valence-corrected chi connectivity index (χ0v) is 11.2. The lowest BCUT2D eigenvalue weighted by atomic mass is 10.4. The van der Waals surface area contributed by atoms with Gasteiger partial charge >= 0.3 is 0 Å². The molecule has 17 heavy (non-hydrogen) atoms. The highest BCUT2D eigenvalue weighted by molar-refractivity contribution is 7.99. The quantitative estimate of drug-likeness (QED) is 0.842. The maximum absolute atomic E-state index is 5.15. The lowest BCUT2D eigenvalue weighted by Crippen LogP contribution is -2.30. The van der Waals surface area contributed by atoms with Crippen LogP contribution >= 0.6 is 11.8 Å². The molecule has 0 spiro atoms. The van der Waals surface area contributed by atoms with Crippen molar-refractivity contribution in [3.05, 3.63) is 17.6 Å². The third-order valence-corrected chi connectivity index (χ3v) is 3.68. The van der Waals surface area contributed by atoms with E-state index in [1.807, 2.05) is 24.8 Å². The van der Waals surface area contributed by atoms with E-state index in [4.69, 9.17) is 4.74 Å². The first-order valence-corrected chi connectivity index (χ1v) is 7.10. The molecule has 1 aromatic heterocycles. The van der Waals surface area contributed by atoms with Crippen LogP contribution in [-0.2, 0) is 10.5 Å². The molecule has 1 aliphatic rings. The molecule has 0 aromatic carbocycles. The van der Waals surface area contributed by atoms with Gasteiger partial charge in [0, 0.05) is 18.3 Å². The Morgan fingerprint density at radius 2 is 2.29 bits per heavy atom. The molecule has 5 heteroatoms. The van der Waals surface area contributed by atoms with E-state index in [2.05, 4.69) is 22.2 Å². The van der Waals surface area contributed by atoms with Crippen LogP contribution in [0.4, 0.5) is 5.82 Å². The van der Waals surface area contributed by atoms with Crippen molar-refractivity contribution in [2.45, 2.75) is 31.3 Å². The van der Waals surface area contributed by atoms with Gasteiger partial charge in [0.1, 0.15) is 11.6 Å². The van der Waals surface area contributed by atoms with E-state index in [1.165, 1.54) is 0 Å². The first-order chi connectivity index (χ1) is 8.28. The van der Waals surface area contributed by atoms with E-state index in [9.17, 15) is 0 Å². The van der Waals surface area contributed by atoms with Crippen LogP contribution in [0.25, 0.3) is 0 Å². The maximum atomic E-state index is 5.15. The third kappa shape index (κ3) is 3.85. The predicted octanol–water partition coefficient (Wildman–Crippen LogP) is 2.24. The van der Waals surface area contributed by atoms with E-state index in [1.54, 1.807) is 0 Å². The van der Waals surface area contributed by atoms with Gasteiger partial charge in [-0.25, -0.2) is 9.97 Å². The molecule has 0 unspecified atom stereocenters. The zero-order chi connectivity index (χ0) is 12.1. The molecule has 1 fully saturated rings. The Morgan fingerprint density at radius 3 is 2.94 bits per heavy atom. The monoisotopic (exact) mass is 253 g/mol. The second-order valence-electron chi connectivity index (χ2n) is 4.21. The molecule has 0 radical (unpaired) electrons. The minimum Gasteiger partial charge on any atom is -0.379 e. The second kappa shape index (κ2) is 6.21. The molecule has 0 saturated carbocycles. The second-order valence-corrected chi connectivity index (χ2v) is 5.50. The summed E-state index contributed by atoms with van der Waals surface area (Å²) in [6.07, 6.45) is 1.10. The summed E-state index contributed by atoms with van der Waals surface area (Å²) in [5.41, 5.74) is 1.03. The van der Waals surface area contributed by atoms with E-state index in [0.717, 1.165) is 49.3 Å². The van der Waals surface area contributed by atoms with Crippen LogP contribution in [0, 0.1) is 6.92 Å². The van der Waals surface area contributed by atoms with Crippen molar-refractivity contribution >= 4 is 17.6 Å². The molecule has 1 aliphatic heterocycles. The van der Waals surface area contributed by atoms with Crippen LogP contribution in [-0.4, -0.2) is 35.0 Å². The highest BCUT2D eigenvalue weighted by Crippen LogP contribution is 2.22. The van der Waals surface area contributed by atoms with Gasteiger partial charge in [-0.2, -0.15) is 0 Å². The fraction of sp³-hybridized carbons (Fsp3) is 0.667. The number of nitrogens with one attached hydrogen (secondary N) is 1. The number of anilines is 1. The Bertz CT molecular complexity index is 369. The Kier molecular flexibility index (Phi) is 4.62. The Hall–Kier alpha value is -0.810. The minimum atomic E-state index is 0.631. The number of rotatable bonds is 6. The highest BCUT2D eigenvalue weighted by atomic mass is 32.2. The van der Waals surface area contributed by atoms with Crippen molar-refractivity contribution < 1.29 is 4.74 Å². The number of hydrogen-bond donors (Lipinski definition) is 1. The lowest BCUT2D eigenvalue weighted by molar-refractivity contribution is 0.0455. The fourth-order valence-electron chi connectivity index (χ4n) is 1.54. The summed E-state index contributed by atoms with van der Waals surface area (Å²) in [6, 6.07) is 2.00. The van der Waals surface area contributed by atoms with Crippen LogP contribution in [0.5, 0.6) is 0 Å². The highest BCUT2D eigenvalue weighted by Gasteiger charge is 2.19. The third-order valence-electron chi connectivity index (χ3n) is 2.51. The Balaban J connectivity index is 1.92. The maximum Gasteiger partial charge on any atom is 0.140 e. The number of aryl methyl sites for hydroxylation is 1. The molecule has 94 valence electrons. The standard InChI is InChI=1S/C12H19N3OS/c1-3-4-13-11-5-9(2)14-12(15-11)8-17-10-6-16-7-10/h5,10H,3-4,6-8H2,1-2H3,(H,13,14,15). The van der Waals surface area contributed by atoms with Gasteiger partial charge in [0.2, 0.25) is 0 Å². The van der Waals surface area contributed by atoms with Gasteiger partial charge in [0.15, 0.2) is 0 Å². The van der Waals surface area contributed by atoms with E-state index < -0.39 is 0 Å². The van der Waals surface area contributed by atoms with Crippen molar-refractivity contribution in [1.29, 1.82) is 0 Å². The summed E-state index contributed by atoms with van der Waals surface area (Å²) in [6.45, 7) is 6.86. The first-order valence-electron chi connectivity index (χ1n) is 6.05. The molecule has 1 N–H and O–H groups in total. The van der Waals surface area contributed by atoms with Gasteiger partial charge in [0.05, 0.1) is 24.2 Å². The number of hydrogen-bond acceptors (Lipinski definition) is 5. The number of ether oxygens (including phenoxy) is 1. The van der Waals surface area contributed by atoms with Gasteiger partial charge in [-0.1, -0.05) is 6.92 Å². The van der Waals surface area contributed by atoms with Crippen LogP contribution in [0.3, 0.4) is 0 Å². The molecule has 1 saturated heterocycles. The van der Waals surface area contributed by atoms with Crippen molar-refractivity contribution in [1.82, 2.24) is 9.97 Å². The average Bonchev–Trinajstić information content (AvgIpc) is 2.23. The molecular formula is C12H19N3OS. The van der Waals surface area contributed by atoms with Crippen molar-refractivity contribution in [3.63, 3.8) is 0 Å². The van der Waals surface area contributed by atoms with Crippen LogP contribution in [0.15, 0.2) is 6.07 Å². The smallest absolute Gasteiger partial charge is 0.140 e. The van der Waals surface area contributed by atoms with Crippen LogP contribution < -0.4 is 5.32 Å². The largest absolute Gasteiger partial charge is 0.379 e. The van der Waals surface area contributed by atoms with E-state index in [0.29, 0.717) is 5.25 Å². The van der Waals surface area contributed by atoms with Gasteiger partial charge in [-0.3, -0.25) is 0 Å². The summed E-state index contributed by atoms with van der Waals surface area (Å²) in [4.78, 5) is 8.98. The molecule has 2 rings (SSSR count). The van der Waals surface area contributed by atoms with Crippen molar-refractivity contribution in [3.8, 4) is 0 Å². The molecule has 0 aliphatic carbocycles. The summed E-state index contributed by atoms with van der Waals surface area (Å²) < 4.78 is 5.15. The van der Waals surface area contributed by atoms with Gasteiger partial charge in [0.25, 0.3) is 0 Å². The molecule has 0 atom stereocenters. The summed E-state index contributed by atoms with van der Waals surface area (Å²) in [5.74, 6) is 2.73. The SMILES string of the molecule is CCCNc1cc(C)nc(CSC2COC2)n1. The molecule has 2 heterocycles. The van der Waals surface area contributed by atoms with Gasteiger partial charge in [-0.15, -0.1) is 11.8 Å². The fourth-order valence-corrected chi connectivity index (χ4v) is 2.44.